The van der Waals surface area contributed by atoms with Crippen molar-refractivity contribution in [2.75, 3.05) is 6.54 Å². The maximum atomic E-state index is 8.17. The molecule has 0 aliphatic heterocycles. The van der Waals surface area contributed by atoms with Crippen molar-refractivity contribution in [1.29, 1.82) is 5.41 Å². The molecule has 2 heteroatoms. The normalized spacial score (nSPS) is 16.9. The van der Waals surface area contributed by atoms with Crippen LogP contribution in [0.25, 0.3) is 0 Å². The third-order valence-electron chi connectivity index (χ3n) is 2.74. The molecule has 1 saturated carbocycles. The highest BCUT2D eigenvalue weighted by atomic mass is 15.2. The van der Waals surface area contributed by atoms with Crippen molar-refractivity contribution in [3.63, 3.8) is 0 Å². The van der Waals surface area contributed by atoms with E-state index in [1.807, 2.05) is 0 Å². The summed E-state index contributed by atoms with van der Waals surface area (Å²) < 4.78 is 0. The van der Waals surface area contributed by atoms with E-state index in [-0.39, 0.29) is 5.41 Å². The second-order valence-corrected chi connectivity index (χ2v) is 5.38. The van der Waals surface area contributed by atoms with Gasteiger partial charge < -0.3 is 4.90 Å². The van der Waals surface area contributed by atoms with Crippen LogP contribution in [0.15, 0.2) is 0 Å². The van der Waals surface area contributed by atoms with E-state index in [0.29, 0.717) is 6.04 Å². The Kier molecular flexibility index (Phi) is 3.57. The Balaban J connectivity index is 2.53. The zero-order valence-electron chi connectivity index (χ0n) is 10.1. The van der Waals surface area contributed by atoms with Crippen LogP contribution in [-0.2, 0) is 0 Å². The van der Waals surface area contributed by atoms with Crippen LogP contribution < -0.4 is 0 Å². The van der Waals surface area contributed by atoms with Crippen molar-refractivity contribution >= 4 is 5.84 Å². The number of hydrogen-bond acceptors (Lipinski definition) is 1. The molecule has 0 heterocycles. The Labute approximate surface area is 88.2 Å². The summed E-state index contributed by atoms with van der Waals surface area (Å²) in [7, 11) is 0. The van der Waals surface area contributed by atoms with Crippen molar-refractivity contribution in [1.82, 2.24) is 4.90 Å². The van der Waals surface area contributed by atoms with E-state index >= 15 is 0 Å². The van der Waals surface area contributed by atoms with E-state index in [1.165, 1.54) is 25.7 Å². The fourth-order valence-corrected chi connectivity index (χ4v) is 1.62. The molecule has 0 radical (unpaired) electrons. The Hall–Kier alpha value is -0.530. The van der Waals surface area contributed by atoms with E-state index in [1.54, 1.807) is 0 Å². The van der Waals surface area contributed by atoms with Gasteiger partial charge in [-0.2, -0.15) is 0 Å². The molecular weight excluding hydrogens is 172 g/mol. The van der Waals surface area contributed by atoms with Gasteiger partial charge >= 0.3 is 0 Å². The first-order valence-electron chi connectivity index (χ1n) is 5.82. The summed E-state index contributed by atoms with van der Waals surface area (Å²) in [4.78, 5) is 2.32. The molecule has 82 valence electrons. The van der Waals surface area contributed by atoms with Crippen molar-refractivity contribution in [2.24, 2.45) is 5.41 Å². The minimum absolute atomic E-state index is 0.0102. The van der Waals surface area contributed by atoms with Crippen LogP contribution in [0.5, 0.6) is 0 Å². The van der Waals surface area contributed by atoms with E-state index in [4.69, 9.17) is 5.41 Å². The van der Waals surface area contributed by atoms with Gasteiger partial charge in [-0.05, 0) is 19.3 Å². The maximum absolute atomic E-state index is 8.17. The summed E-state index contributed by atoms with van der Waals surface area (Å²) in [5.41, 5.74) is 0.0102. The van der Waals surface area contributed by atoms with Gasteiger partial charge in [0.25, 0.3) is 0 Å². The van der Waals surface area contributed by atoms with Crippen molar-refractivity contribution in [3.8, 4) is 0 Å². The zero-order chi connectivity index (χ0) is 10.8. The lowest BCUT2D eigenvalue weighted by atomic mass is 9.93. The number of hydrogen-bond donors (Lipinski definition) is 1. The minimum Gasteiger partial charge on any atom is -0.357 e. The lowest BCUT2D eigenvalue weighted by Crippen LogP contribution is -2.41. The Morgan fingerprint density at radius 2 is 1.93 bits per heavy atom. The summed E-state index contributed by atoms with van der Waals surface area (Å²) >= 11 is 0. The largest absolute Gasteiger partial charge is 0.357 e. The van der Waals surface area contributed by atoms with Gasteiger partial charge in [0.2, 0.25) is 0 Å². The summed E-state index contributed by atoms with van der Waals surface area (Å²) in [5.74, 6) is 0.827. The summed E-state index contributed by atoms with van der Waals surface area (Å²) in [6, 6.07) is 0.688. The number of nitrogens with zero attached hydrogens (tertiary/aromatic N) is 1. The number of unbranched alkanes of at least 4 members (excludes halogenated alkanes) is 1. The molecule has 0 aromatic rings. The van der Waals surface area contributed by atoms with E-state index in [0.717, 1.165) is 12.4 Å². The molecule has 14 heavy (non-hydrogen) atoms. The van der Waals surface area contributed by atoms with Gasteiger partial charge in [-0.1, -0.05) is 34.1 Å². The van der Waals surface area contributed by atoms with E-state index in [9.17, 15) is 0 Å². The molecule has 0 saturated heterocycles. The predicted octanol–water partition coefficient (Wildman–Crippen LogP) is 3.27. The highest BCUT2D eigenvalue weighted by Crippen LogP contribution is 2.31. The number of amidine groups is 1. The van der Waals surface area contributed by atoms with Crippen LogP contribution in [0.3, 0.4) is 0 Å². The van der Waals surface area contributed by atoms with Crippen LogP contribution in [0.2, 0.25) is 0 Å². The molecule has 0 atom stereocenters. The molecular formula is C12H24N2. The molecule has 0 amide bonds. The summed E-state index contributed by atoms with van der Waals surface area (Å²) in [5, 5.41) is 8.17. The molecule has 1 aliphatic carbocycles. The summed E-state index contributed by atoms with van der Waals surface area (Å²) in [6.07, 6.45) is 5.03. The van der Waals surface area contributed by atoms with Gasteiger partial charge in [0.15, 0.2) is 0 Å². The molecule has 0 unspecified atom stereocenters. The van der Waals surface area contributed by atoms with E-state index in [2.05, 4.69) is 32.6 Å². The minimum atomic E-state index is 0.0102. The molecule has 0 aromatic carbocycles. The molecule has 1 fully saturated rings. The fourth-order valence-electron chi connectivity index (χ4n) is 1.62. The van der Waals surface area contributed by atoms with Gasteiger partial charge in [0.1, 0.15) is 5.84 Å². The lowest BCUT2D eigenvalue weighted by molar-refractivity contribution is 0.350. The third kappa shape index (κ3) is 3.00. The monoisotopic (exact) mass is 196 g/mol. The van der Waals surface area contributed by atoms with Crippen LogP contribution in [0, 0.1) is 10.8 Å². The van der Waals surface area contributed by atoms with E-state index < -0.39 is 0 Å². The van der Waals surface area contributed by atoms with Crippen LogP contribution >= 0.6 is 0 Å². The van der Waals surface area contributed by atoms with Crippen LogP contribution in [-0.4, -0.2) is 23.3 Å². The highest BCUT2D eigenvalue weighted by molar-refractivity contribution is 5.84. The van der Waals surface area contributed by atoms with Gasteiger partial charge in [0, 0.05) is 18.0 Å². The number of rotatable bonds is 4. The average molecular weight is 196 g/mol. The Bertz CT molecular complexity index is 199. The van der Waals surface area contributed by atoms with Crippen molar-refractivity contribution in [3.05, 3.63) is 0 Å². The quantitative estimate of drug-likeness (QED) is 0.542. The summed E-state index contributed by atoms with van der Waals surface area (Å²) in [6.45, 7) is 9.70. The standard InChI is InChI=1S/C12H24N2/c1-5-6-9-14(10-7-8-10)11(13)12(2,3)4/h10,13H,5-9H2,1-4H3. The topological polar surface area (TPSA) is 27.1 Å². The predicted molar refractivity (Wildman–Crippen MR) is 61.8 cm³/mol. The van der Waals surface area contributed by atoms with Crippen LogP contribution in [0.1, 0.15) is 53.4 Å². The molecule has 0 aromatic heterocycles. The molecule has 0 bridgehead atoms. The fraction of sp³-hybridized carbons (Fsp3) is 0.917. The highest BCUT2D eigenvalue weighted by Gasteiger charge is 2.34. The second kappa shape index (κ2) is 4.33. The first-order valence-corrected chi connectivity index (χ1v) is 5.82. The first-order chi connectivity index (χ1) is 6.46. The molecule has 1 aliphatic rings. The third-order valence-corrected chi connectivity index (χ3v) is 2.74. The second-order valence-electron chi connectivity index (χ2n) is 5.38. The average Bonchev–Trinajstić information content (AvgIpc) is 2.86. The number of nitrogens with one attached hydrogen (secondary N) is 1. The van der Waals surface area contributed by atoms with Crippen molar-refractivity contribution < 1.29 is 0 Å². The SMILES string of the molecule is CCCCN(C(=N)C(C)(C)C)C1CC1. The van der Waals surface area contributed by atoms with Crippen LogP contribution in [0.4, 0.5) is 0 Å². The zero-order valence-corrected chi connectivity index (χ0v) is 10.1. The Morgan fingerprint density at radius 1 is 1.36 bits per heavy atom. The first kappa shape index (κ1) is 11.5. The molecule has 2 nitrogen and oxygen atoms in total. The molecule has 1 rings (SSSR count). The maximum Gasteiger partial charge on any atom is 0.101 e. The van der Waals surface area contributed by atoms with Gasteiger partial charge in [-0.3, -0.25) is 5.41 Å². The lowest BCUT2D eigenvalue weighted by Gasteiger charge is -2.32. The van der Waals surface area contributed by atoms with Gasteiger partial charge in [0.05, 0.1) is 0 Å². The molecule has 1 N–H and O–H groups in total. The molecule has 0 spiro atoms. The van der Waals surface area contributed by atoms with Gasteiger partial charge in [-0.25, -0.2) is 0 Å². The smallest absolute Gasteiger partial charge is 0.101 e. The van der Waals surface area contributed by atoms with Crippen molar-refractivity contribution in [2.45, 2.75) is 59.4 Å². The van der Waals surface area contributed by atoms with Gasteiger partial charge in [-0.15, -0.1) is 0 Å². The Morgan fingerprint density at radius 3 is 2.29 bits per heavy atom.